The maximum absolute atomic E-state index is 11.2. The zero-order chi connectivity index (χ0) is 12.0. The van der Waals surface area contributed by atoms with Crippen LogP contribution in [0.5, 0.6) is 5.75 Å². The Labute approximate surface area is 93.8 Å². The lowest BCUT2D eigenvalue weighted by atomic mass is 10.3. The van der Waals surface area contributed by atoms with Gasteiger partial charge < -0.3 is 14.7 Å². The highest BCUT2D eigenvalue weighted by molar-refractivity contribution is 7.89. The summed E-state index contributed by atoms with van der Waals surface area (Å²) in [5.41, 5.74) is 0. The molecule has 1 aromatic carbocycles. The molecule has 0 fully saturated rings. The topological polar surface area (TPSA) is 84.9 Å². The van der Waals surface area contributed by atoms with Gasteiger partial charge in [0.1, 0.15) is 12.4 Å². The molecule has 1 aromatic rings. The summed E-state index contributed by atoms with van der Waals surface area (Å²) < 4.78 is 32.3. The molecule has 0 aliphatic carbocycles. The highest BCUT2D eigenvalue weighted by atomic mass is 32.2. The number of methoxy groups -OCH3 is 1. The maximum Gasteiger partial charge on any atom is 0.262 e. The van der Waals surface area contributed by atoms with Crippen LogP contribution in [0.15, 0.2) is 29.2 Å². The summed E-state index contributed by atoms with van der Waals surface area (Å²) in [5, 5.41) is 8.40. The SMILES string of the molecule is COCCOc1ccc(S(=O)(=O)NO)cc1. The van der Waals surface area contributed by atoms with Crippen LogP contribution in [-0.2, 0) is 14.8 Å². The molecule has 0 heterocycles. The van der Waals surface area contributed by atoms with E-state index in [0.29, 0.717) is 19.0 Å². The smallest absolute Gasteiger partial charge is 0.262 e. The molecule has 16 heavy (non-hydrogen) atoms. The Morgan fingerprint density at radius 3 is 2.38 bits per heavy atom. The number of hydrogen-bond donors (Lipinski definition) is 2. The van der Waals surface area contributed by atoms with Crippen LogP contribution in [0.1, 0.15) is 0 Å². The minimum atomic E-state index is -3.81. The van der Waals surface area contributed by atoms with Crippen LogP contribution in [0.2, 0.25) is 0 Å². The van der Waals surface area contributed by atoms with Crippen LogP contribution in [0.25, 0.3) is 0 Å². The van der Waals surface area contributed by atoms with Gasteiger partial charge in [0, 0.05) is 7.11 Å². The van der Waals surface area contributed by atoms with Crippen molar-refractivity contribution >= 4 is 10.0 Å². The van der Waals surface area contributed by atoms with Gasteiger partial charge >= 0.3 is 0 Å². The summed E-state index contributed by atoms with van der Waals surface area (Å²) >= 11 is 0. The fourth-order valence-electron chi connectivity index (χ4n) is 1.01. The summed E-state index contributed by atoms with van der Waals surface area (Å²) in [7, 11) is -2.25. The lowest BCUT2D eigenvalue weighted by Crippen LogP contribution is -2.19. The second-order valence-electron chi connectivity index (χ2n) is 2.91. The van der Waals surface area contributed by atoms with E-state index in [-0.39, 0.29) is 4.90 Å². The second kappa shape index (κ2) is 5.80. The summed E-state index contributed by atoms with van der Waals surface area (Å²) in [4.78, 5) is 1.21. The molecule has 0 saturated heterocycles. The van der Waals surface area contributed by atoms with Gasteiger partial charge in [-0.1, -0.05) is 4.89 Å². The molecule has 0 radical (unpaired) electrons. The first-order chi connectivity index (χ1) is 7.60. The molecule has 2 N–H and O–H groups in total. The van der Waals surface area contributed by atoms with Gasteiger partial charge in [0.15, 0.2) is 0 Å². The number of ether oxygens (including phenoxy) is 2. The van der Waals surface area contributed by atoms with Crippen molar-refractivity contribution in [3.8, 4) is 5.75 Å². The standard InChI is InChI=1S/C9H13NO5S/c1-14-6-7-15-8-2-4-9(5-3-8)16(12,13)10-11/h2-5,10-11H,6-7H2,1H3. The third-order valence-electron chi connectivity index (χ3n) is 1.81. The van der Waals surface area contributed by atoms with E-state index in [1.54, 1.807) is 7.11 Å². The molecular formula is C9H13NO5S. The van der Waals surface area contributed by atoms with Gasteiger partial charge in [-0.25, -0.2) is 8.42 Å². The van der Waals surface area contributed by atoms with Crippen LogP contribution in [-0.4, -0.2) is 33.9 Å². The van der Waals surface area contributed by atoms with Gasteiger partial charge in [0.25, 0.3) is 10.0 Å². The third-order valence-corrected chi connectivity index (χ3v) is 2.94. The highest BCUT2D eigenvalue weighted by Crippen LogP contribution is 2.15. The molecule has 0 bridgehead atoms. The molecule has 0 unspecified atom stereocenters. The molecule has 7 heteroatoms. The quantitative estimate of drug-likeness (QED) is 0.560. The van der Waals surface area contributed by atoms with E-state index in [1.165, 1.54) is 29.2 Å². The highest BCUT2D eigenvalue weighted by Gasteiger charge is 2.11. The molecule has 90 valence electrons. The van der Waals surface area contributed by atoms with E-state index in [4.69, 9.17) is 14.7 Å². The Morgan fingerprint density at radius 1 is 1.25 bits per heavy atom. The molecule has 0 amide bonds. The molecule has 0 atom stereocenters. The van der Waals surface area contributed by atoms with Crippen LogP contribution in [0.4, 0.5) is 0 Å². The lowest BCUT2D eigenvalue weighted by Gasteiger charge is -2.06. The number of benzene rings is 1. The van der Waals surface area contributed by atoms with Crippen molar-refractivity contribution in [1.29, 1.82) is 0 Å². The van der Waals surface area contributed by atoms with Crippen molar-refractivity contribution in [3.05, 3.63) is 24.3 Å². The van der Waals surface area contributed by atoms with Gasteiger partial charge in [-0.2, -0.15) is 0 Å². The predicted octanol–water partition coefficient (Wildman–Crippen LogP) is 0.379. The first-order valence-electron chi connectivity index (χ1n) is 4.48. The molecule has 6 nitrogen and oxygen atoms in total. The van der Waals surface area contributed by atoms with E-state index in [1.807, 2.05) is 0 Å². The molecule has 0 aliphatic heterocycles. The Bertz CT molecular complexity index is 414. The van der Waals surface area contributed by atoms with Crippen molar-refractivity contribution in [3.63, 3.8) is 0 Å². The van der Waals surface area contributed by atoms with Crippen LogP contribution in [0, 0.1) is 0 Å². The summed E-state index contributed by atoms with van der Waals surface area (Å²) in [6.45, 7) is 0.846. The predicted molar refractivity (Wildman–Crippen MR) is 55.9 cm³/mol. The minimum absolute atomic E-state index is 0.0332. The molecule has 0 aliphatic rings. The monoisotopic (exact) mass is 247 g/mol. The Hall–Kier alpha value is -1.15. The van der Waals surface area contributed by atoms with E-state index in [2.05, 4.69) is 0 Å². The van der Waals surface area contributed by atoms with Crippen LogP contribution in [0.3, 0.4) is 0 Å². The van der Waals surface area contributed by atoms with Crippen molar-refractivity contribution in [2.24, 2.45) is 0 Å². The summed E-state index contributed by atoms with van der Waals surface area (Å²) in [5.74, 6) is 0.536. The average molecular weight is 247 g/mol. The molecular weight excluding hydrogens is 234 g/mol. The first kappa shape index (κ1) is 12.9. The Morgan fingerprint density at radius 2 is 1.88 bits per heavy atom. The number of hydrogen-bond acceptors (Lipinski definition) is 5. The maximum atomic E-state index is 11.2. The first-order valence-corrected chi connectivity index (χ1v) is 5.96. The number of sulfonamides is 1. The lowest BCUT2D eigenvalue weighted by molar-refractivity contribution is 0.146. The zero-order valence-corrected chi connectivity index (χ0v) is 9.53. The minimum Gasteiger partial charge on any atom is -0.491 e. The fraction of sp³-hybridized carbons (Fsp3) is 0.333. The molecule has 0 spiro atoms. The summed E-state index contributed by atoms with van der Waals surface area (Å²) in [6.07, 6.45) is 0. The normalized spacial score (nSPS) is 11.4. The molecule has 1 rings (SSSR count). The van der Waals surface area contributed by atoms with Crippen molar-refractivity contribution in [2.45, 2.75) is 4.90 Å². The van der Waals surface area contributed by atoms with Gasteiger partial charge in [-0.15, -0.1) is 0 Å². The van der Waals surface area contributed by atoms with Gasteiger partial charge in [-0.05, 0) is 24.3 Å². The fourth-order valence-corrected chi connectivity index (χ4v) is 1.61. The zero-order valence-electron chi connectivity index (χ0n) is 8.71. The van der Waals surface area contributed by atoms with E-state index < -0.39 is 10.0 Å². The van der Waals surface area contributed by atoms with E-state index >= 15 is 0 Å². The van der Waals surface area contributed by atoms with E-state index in [0.717, 1.165) is 0 Å². The van der Waals surface area contributed by atoms with Crippen LogP contribution >= 0.6 is 0 Å². The third kappa shape index (κ3) is 3.46. The number of rotatable bonds is 6. The molecule has 0 aromatic heterocycles. The van der Waals surface area contributed by atoms with Crippen molar-refractivity contribution in [1.82, 2.24) is 4.89 Å². The van der Waals surface area contributed by atoms with Gasteiger partial charge in [0.05, 0.1) is 11.5 Å². The van der Waals surface area contributed by atoms with Crippen LogP contribution < -0.4 is 9.62 Å². The van der Waals surface area contributed by atoms with Crippen molar-refractivity contribution < 1.29 is 23.1 Å². The second-order valence-corrected chi connectivity index (χ2v) is 4.57. The van der Waals surface area contributed by atoms with Gasteiger partial charge in [-0.3, -0.25) is 0 Å². The largest absolute Gasteiger partial charge is 0.491 e. The molecule has 0 saturated carbocycles. The average Bonchev–Trinajstić information content (AvgIpc) is 2.30. The Kier molecular flexibility index (Phi) is 4.69. The summed E-state index contributed by atoms with van der Waals surface area (Å²) in [6, 6.07) is 5.67. The Balaban J connectivity index is 2.68. The van der Waals surface area contributed by atoms with Crippen molar-refractivity contribution in [2.75, 3.05) is 20.3 Å². The van der Waals surface area contributed by atoms with E-state index in [9.17, 15) is 8.42 Å². The van der Waals surface area contributed by atoms with Gasteiger partial charge in [0.2, 0.25) is 0 Å². The number of nitrogens with one attached hydrogen (secondary N) is 1.